The fourth-order valence-corrected chi connectivity index (χ4v) is 0.953. The number of rotatable bonds is 3. The summed E-state index contributed by atoms with van der Waals surface area (Å²) in [6, 6.07) is 3.28. The number of carbonyl (C=O) groups excluding carboxylic acids is 1. The Balaban J connectivity index is 2.84. The zero-order valence-corrected chi connectivity index (χ0v) is 7.78. The predicted molar refractivity (Wildman–Crippen MR) is 52.0 cm³/mol. The lowest BCUT2D eigenvalue weighted by Gasteiger charge is -2.05. The number of ether oxygens (including phenoxy) is 1. The van der Waals surface area contributed by atoms with Crippen LogP contribution in [0.25, 0.3) is 0 Å². The average molecular weight is 190 g/mol. The lowest BCUT2D eigenvalue weighted by atomic mass is 10.2. The van der Waals surface area contributed by atoms with Crippen LogP contribution in [0.1, 0.15) is 10.4 Å². The summed E-state index contributed by atoms with van der Waals surface area (Å²) in [6.45, 7) is 0.191. The first-order valence-electron chi connectivity index (χ1n) is 4.00. The molecule has 1 rings (SSSR count). The number of nitrogens with zero attached hydrogens (tertiary/aromatic N) is 1. The smallest absolute Gasteiger partial charge is 0.257 e. The summed E-state index contributed by atoms with van der Waals surface area (Å²) in [5, 5.41) is 2.53. The minimum Gasteiger partial charge on any atom is -0.480 e. The van der Waals surface area contributed by atoms with Crippen molar-refractivity contribution in [2.75, 3.05) is 13.7 Å². The summed E-state index contributed by atoms with van der Waals surface area (Å²) >= 11 is 0. The minimum atomic E-state index is -0.284. The molecular formula is C10H10N2O2. The van der Waals surface area contributed by atoms with E-state index in [-0.39, 0.29) is 12.5 Å². The Morgan fingerprint density at radius 1 is 1.79 bits per heavy atom. The maximum absolute atomic E-state index is 11.5. The highest BCUT2D eigenvalue weighted by Crippen LogP contribution is 2.12. The standard InChI is InChI=1S/C10H10N2O2/c1-3-6-11-9(13)8-5-4-7-12-10(8)14-2/h1,4-5,7H,6H2,2H3,(H,11,13). The van der Waals surface area contributed by atoms with Gasteiger partial charge < -0.3 is 10.1 Å². The molecule has 4 nitrogen and oxygen atoms in total. The van der Waals surface area contributed by atoms with Crippen molar-refractivity contribution in [3.63, 3.8) is 0 Å². The van der Waals surface area contributed by atoms with Gasteiger partial charge in [0.1, 0.15) is 5.56 Å². The molecule has 72 valence electrons. The molecule has 0 spiro atoms. The van der Waals surface area contributed by atoms with Crippen LogP contribution in [0.4, 0.5) is 0 Å². The molecule has 0 aliphatic carbocycles. The molecule has 1 N–H and O–H groups in total. The molecule has 0 atom stereocenters. The van der Waals surface area contributed by atoms with Gasteiger partial charge in [0.25, 0.3) is 5.91 Å². The highest BCUT2D eigenvalue weighted by Gasteiger charge is 2.10. The Morgan fingerprint density at radius 2 is 2.57 bits per heavy atom. The zero-order valence-electron chi connectivity index (χ0n) is 7.78. The number of pyridine rings is 1. The second kappa shape index (κ2) is 4.87. The van der Waals surface area contributed by atoms with E-state index in [2.05, 4.69) is 16.2 Å². The number of amides is 1. The molecule has 0 aromatic carbocycles. The molecule has 0 fully saturated rings. The Hall–Kier alpha value is -2.02. The Bertz CT molecular complexity index is 369. The molecule has 0 saturated carbocycles. The van der Waals surface area contributed by atoms with E-state index in [1.165, 1.54) is 7.11 Å². The van der Waals surface area contributed by atoms with E-state index in [1.807, 2.05) is 0 Å². The van der Waals surface area contributed by atoms with Gasteiger partial charge in [-0.3, -0.25) is 4.79 Å². The first kappa shape index (κ1) is 10.1. The number of methoxy groups -OCH3 is 1. The third-order valence-corrected chi connectivity index (χ3v) is 1.56. The van der Waals surface area contributed by atoms with Crippen LogP contribution in [-0.4, -0.2) is 24.5 Å². The van der Waals surface area contributed by atoms with E-state index in [4.69, 9.17) is 11.2 Å². The van der Waals surface area contributed by atoms with Crippen LogP contribution in [0, 0.1) is 12.3 Å². The Morgan fingerprint density at radius 3 is 3.21 bits per heavy atom. The molecule has 4 heteroatoms. The van der Waals surface area contributed by atoms with E-state index in [0.717, 1.165) is 0 Å². The summed E-state index contributed by atoms with van der Waals surface area (Å²) in [5.41, 5.74) is 0.380. The van der Waals surface area contributed by atoms with Crippen LogP contribution in [0.5, 0.6) is 5.88 Å². The van der Waals surface area contributed by atoms with Crippen LogP contribution in [-0.2, 0) is 0 Å². The second-order valence-electron chi connectivity index (χ2n) is 2.45. The Kier molecular flexibility index (Phi) is 3.50. The van der Waals surface area contributed by atoms with Crippen LogP contribution in [0.15, 0.2) is 18.3 Å². The van der Waals surface area contributed by atoms with Gasteiger partial charge >= 0.3 is 0 Å². The molecule has 1 amide bonds. The summed E-state index contributed by atoms with van der Waals surface area (Å²) in [5.74, 6) is 2.32. The summed E-state index contributed by atoms with van der Waals surface area (Å²) in [6.07, 6.45) is 6.57. The van der Waals surface area contributed by atoms with Gasteiger partial charge in [-0.25, -0.2) is 4.98 Å². The quantitative estimate of drug-likeness (QED) is 0.704. The van der Waals surface area contributed by atoms with Crippen molar-refractivity contribution in [1.82, 2.24) is 10.3 Å². The van der Waals surface area contributed by atoms with Gasteiger partial charge in [0.2, 0.25) is 5.88 Å². The van der Waals surface area contributed by atoms with Crippen LogP contribution < -0.4 is 10.1 Å². The number of hydrogen-bond donors (Lipinski definition) is 1. The van der Waals surface area contributed by atoms with E-state index < -0.39 is 0 Å². The fourth-order valence-electron chi connectivity index (χ4n) is 0.953. The van der Waals surface area contributed by atoms with Crippen molar-refractivity contribution >= 4 is 5.91 Å². The van der Waals surface area contributed by atoms with Gasteiger partial charge in [-0.1, -0.05) is 5.92 Å². The normalized spacial score (nSPS) is 8.86. The molecule has 1 aromatic heterocycles. The molecule has 0 unspecified atom stereocenters. The largest absolute Gasteiger partial charge is 0.480 e. The molecule has 1 heterocycles. The van der Waals surface area contributed by atoms with Crippen molar-refractivity contribution in [2.45, 2.75) is 0 Å². The molecule has 0 aliphatic rings. The van der Waals surface area contributed by atoms with Crippen molar-refractivity contribution in [1.29, 1.82) is 0 Å². The number of terminal acetylenes is 1. The lowest BCUT2D eigenvalue weighted by Crippen LogP contribution is -2.24. The van der Waals surface area contributed by atoms with Gasteiger partial charge in [0.15, 0.2) is 0 Å². The van der Waals surface area contributed by atoms with Crippen LogP contribution in [0.3, 0.4) is 0 Å². The first-order chi connectivity index (χ1) is 6.79. The third kappa shape index (κ3) is 2.23. The molecule has 0 aliphatic heterocycles. The van der Waals surface area contributed by atoms with Gasteiger partial charge in [0.05, 0.1) is 13.7 Å². The highest BCUT2D eigenvalue weighted by molar-refractivity contribution is 5.96. The van der Waals surface area contributed by atoms with E-state index in [0.29, 0.717) is 11.4 Å². The third-order valence-electron chi connectivity index (χ3n) is 1.56. The van der Waals surface area contributed by atoms with Gasteiger partial charge in [-0.2, -0.15) is 0 Å². The summed E-state index contributed by atoms with van der Waals surface area (Å²) in [4.78, 5) is 15.3. The monoisotopic (exact) mass is 190 g/mol. The summed E-state index contributed by atoms with van der Waals surface area (Å²) < 4.78 is 4.92. The van der Waals surface area contributed by atoms with E-state index in [1.54, 1.807) is 18.3 Å². The molecule has 0 saturated heterocycles. The van der Waals surface area contributed by atoms with Gasteiger partial charge in [-0.05, 0) is 12.1 Å². The number of hydrogen-bond acceptors (Lipinski definition) is 3. The van der Waals surface area contributed by atoms with Crippen molar-refractivity contribution in [3.8, 4) is 18.2 Å². The first-order valence-corrected chi connectivity index (χ1v) is 4.00. The van der Waals surface area contributed by atoms with Gasteiger partial charge in [-0.15, -0.1) is 6.42 Å². The number of nitrogens with one attached hydrogen (secondary N) is 1. The number of carbonyl (C=O) groups is 1. The van der Waals surface area contributed by atoms with E-state index >= 15 is 0 Å². The van der Waals surface area contributed by atoms with Gasteiger partial charge in [0, 0.05) is 6.20 Å². The lowest BCUT2D eigenvalue weighted by molar-refractivity contribution is 0.0955. The zero-order chi connectivity index (χ0) is 10.4. The molecule has 0 radical (unpaired) electrons. The minimum absolute atomic E-state index is 0.191. The molecule has 1 aromatic rings. The fraction of sp³-hybridized carbons (Fsp3) is 0.200. The number of aromatic nitrogens is 1. The van der Waals surface area contributed by atoms with Crippen LogP contribution in [0.2, 0.25) is 0 Å². The molecular weight excluding hydrogens is 180 g/mol. The van der Waals surface area contributed by atoms with Crippen molar-refractivity contribution in [3.05, 3.63) is 23.9 Å². The molecule has 0 bridgehead atoms. The molecule has 14 heavy (non-hydrogen) atoms. The predicted octanol–water partition coefficient (Wildman–Crippen LogP) is 0.453. The topological polar surface area (TPSA) is 51.2 Å². The van der Waals surface area contributed by atoms with Crippen LogP contribution >= 0.6 is 0 Å². The maximum atomic E-state index is 11.5. The second-order valence-corrected chi connectivity index (χ2v) is 2.45. The van der Waals surface area contributed by atoms with Crippen molar-refractivity contribution in [2.24, 2.45) is 0 Å². The Labute approximate surface area is 82.3 Å². The van der Waals surface area contributed by atoms with E-state index in [9.17, 15) is 4.79 Å². The highest BCUT2D eigenvalue weighted by atomic mass is 16.5. The van der Waals surface area contributed by atoms with Crippen molar-refractivity contribution < 1.29 is 9.53 Å². The summed E-state index contributed by atoms with van der Waals surface area (Å²) in [7, 11) is 1.46. The maximum Gasteiger partial charge on any atom is 0.257 e. The average Bonchev–Trinajstić information content (AvgIpc) is 2.25. The SMILES string of the molecule is C#CCNC(=O)c1cccnc1OC.